The zero-order chi connectivity index (χ0) is 11.7. The highest BCUT2D eigenvalue weighted by molar-refractivity contribution is 7.15. The average molecular weight is 240 g/mol. The molecular weight excluding hydrogens is 220 g/mol. The number of nitrogen functional groups attached to an aromatic ring is 1. The zero-order valence-electron chi connectivity index (χ0n) is 10.2. The summed E-state index contributed by atoms with van der Waals surface area (Å²) in [5.74, 6) is 1.53. The SMILES string of the molecule is CC1CC(C)C(C)N(Cc2nnc(N)s2)C1. The molecule has 3 atom stereocenters. The number of rotatable bonds is 2. The summed E-state index contributed by atoms with van der Waals surface area (Å²) in [6.45, 7) is 9.02. The first-order valence-electron chi connectivity index (χ1n) is 5.88. The van der Waals surface area contributed by atoms with Crippen molar-refractivity contribution in [1.82, 2.24) is 15.1 Å². The van der Waals surface area contributed by atoms with Crippen LogP contribution in [-0.2, 0) is 6.54 Å². The van der Waals surface area contributed by atoms with Gasteiger partial charge in [-0.05, 0) is 25.2 Å². The highest BCUT2D eigenvalue weighted by Crippen LogP contribution is 2.28. The van der Waals surface area contributed by atoms with Gasteiger partial charge in [0.05, 0.1) is 6.54 Å². The number of nitrogens with two attached hydrogens (primary N) is 1. The van der Waals surface area contributed by atoms with Gasteiger partial charge in [0.1, 0.15) is 5.01 Å². The Morgan fingerprint density at radius 2 is 2.12 bits per heavy atom. The van der Waals surface area contributed by atoms with Crippen molar-refractivity contribution in [1.29, 1.82) is 0 Å². The van der Waals surface area contributed by atoms with Crippen LogP contribution in [0.5, 0.6) is 0 Å². The van der Waals surface area contributed by atoms with E-state index in [1.165, 1.54) is 17.8 Å². The summed E-state index contributed by atoms with van der Waals surface area (Å²) >= 11 is 1.50. The highest BCUT2D eigenvalue weighted by atomic mass is 32.1. The molecule has 1 aliphatic rings. The van der Waals surface area contributed by atoms with Crippen LogP contribution in [0.15, 0.2) is 0 Å². The first-order valence-corrected chi connectivity index (χ1v) is 6.69. The van der Waals surface area contributed by atoms with Crippen LogP contribution in [0.25, 0.3) is 0 Å². The fourth-order valence-electron chi connectivity index (χ4n) is 2.55. The molecule has 0 amide bonds. The standard InChI is InChI=1S/C11H20N4S/c1-7-4-8(2)9(3)15(5-7)6-10-13-14-11(12)16-10/h7-9H,4-6H2,1-3H3,(H2,12,14). The lowest BCUT2D eigenvalue weighted by atomic mass is 9.86. The summed E-state index contributed by atoms with van der Waals surface area (Å²) in [6, 6.07) is 0.626. The third-order valence-corrected chi connectivity index (χ3v) is 4.28. The van der Waals surface area contributed by atoms with E-state index >= 15 is 0 Å². The van der Waals surface area contributed by atoms with E-state index in [0.29, 0.717) is 11.2 Å². The molecule has 3 unspecified atom stereocenters. The number of nitrogens with zero attached hydrogens (tertiary/aromatic N) is 3. The van der Waals surface area contributed by atoms with Crippen LogP contribution in [0.3, 0.4) is 0 Å². The molecule has 1 saturated heterocycles. The van der Waals surface area contributed by atoms with Crippen molar-refractivity contribution >= 4 is 16.5 Å². The minimum absolute atomic E-state index is 0.570. The monoisotopic (exact) mass is 240 g/mol. The third kappa shape index (κ3) is 2.52. The minimum Gasteiger partial charge on any atom is -0.374 e. The molecule has 1 aromatic rings. The van der Waals surface area contributed by atoms with Gasteiger partial charge in [0.2, 0.25) is 5.13 Å². The van der Waals surface area contributed by atoms with Gasteiger partial charge >= 0.3 is 0 Å². The Hall–Kier alpha value is -0.680. The van der Waals surface area contributed by atoms with Crippen LogP contribution >= 0.6 is 11.3 Å². The van der Waals surface area contributed by atoms with Crippen LogP contribution in [0.2, 0.25) is 0 Å². The summed E-state index contributed by atoms with van der Waals surface area (Å²) < 4.78 is 0. The normalized spacial score (nSPS) is 31.8. The van der Waals surface area contributed by atoms with Crippen molar-refractivity contribution in [2.75, 3.05) is 12.3 Å². The zero-order valence-corrected chi connectivity index (χ0v) is 11.0. The van der Waals surface area contributed by atoms with Gasteiger partial charge in [-0.2, -0.15) is 0 Å². The van der Waals surface area contributed by atoms with E-state index in [2.05, 4.69) is 35.9 Å². The molecule has 1 fully saturated rings. The van der Waals surface area contributed by atoms with Crippen molar-refractivity contribution < 1.29 is 0 Å². The van der Waals surface area contributed by atoms with E-state index in [1.54, 1.807) is 0 Å². The van der Waals surface area contributed by atoms with Crippen molar-refractivity contribution in [3.63, 3.8) is 0 Å². The first kappa shape index (κ1) is 11.8. The molecule has 1 aromatic heterocycles. The Morgan fingerprint density at radius 3 is 2.75 bits per heavy atom. The predicted molar refractivity (Wildman–Crippen MR) is 67.1 cm³/mol. The van der Waals surface area contributed by atoms with Gasteiger partial charge in [-0.1, -0.05) is 25.2 Å². The van der Waals surface area contributed by atoms with Crippen LogP contribution in [0, 0.1) is 11.8 Å². The van der Waals surface area contributed by atoms with Crippen LogP contribution in [0.4, 0.5) is 5.13 Å². The van der Waals surface area contributed by atoms with Gasteiger partial charge in [-0.15, -0.1) is 10.2 Å². The number of aromatic nitrogens is 2. The Labute approximate surface area is 101 Å². The van der Waals surface area contributed by atoms with E-state index in [1.807, 2.05) is 0 Å². The molecule has 0 saturated carbocycles. The number of likely N-dealkylation sites (tertiary alicyclic amines) is 1. The Balaban J connectivity index is 2.02. The summed E-state index contributed by atoms with van der Waals surface area (Å²) in [5, 5.41) is 9.56. The minimum atomic E-state index is 0.570. The van der Waals surface area contributed by atoms with Crippen molar-refractivity contribution in [3.8, 4) is 0 Å². The molecule has 2 rings (SSSR count). The van der Waals surface area contributed by atoms with Crippen LogP contribution in [0.1, 0.15) is 32.2 Å². The van der Waals surface area contributed by atoms with E-state index in [4.69, 9.17) is 5.73 Å². The van der Waals surface area contributed by atoms with Gasteiger partial charge in [0, 0.05) is 12.6 Å². The van der Waals surface area contributed by atoms with Crippen LogP contribution in [-0.4, -0.2) is 27.7 Å². The topological polar surface area (TPSA) is 55.0 Å². The first-order chi connectivity index (χ1) is 7.56. The Morgan fingerprint density at radius 1 is 1.38 bits per heavy atom. The average Bonchev–Trinajstić information content (AvgIpc) is 2.60. The quantitative estimate of drug-likeness (QED) is 0.859. The number of hydrogen-bond donors (Lipinski definition) is 1. The van der Waals surface area contributed by atoms with E-state index in [-0.39, 0.29) is 0 Å². The molecule has 5 heteroatoms. The van der Waals surface area contributed by atoms with Gasteiger partial charge in [-0.25, -0.2) is 0 Å². The summed E-state index contributed by atoms with van der Waals surface area (Å²) in [4.78, 5) is 2.50. The van der Waals surface area contributed by atoms with E-state index in [0.717, 1.165) is 29.9 Å². The summed E-state index contributed by atoms with van der Waals surface area (Å²) in [7, 11) is 0. The van der Waals surface area contributed by atoms with E-state index in [9.17, 15) is 0 Å². The molecule has 16 heavy (non-hydrogen) atoms. The van der Waals surface area contributed by atoms with Gasteiger partial charge < -0.3 is 5.73 Å². The number of piperidine rings is 1. The van der Waals surface area contributed by atoms with Crippen LogP contribution < -0.4 is 5.73 Å². The molecule has 0 aliphatic carbocycles. The highest BCUT2D eigenvalue weighted by Gasteiger charge is 2.29. The maximum atomic E-state index is 5.60. The Kier molecular flexibility index (Phi) is 3.44. The fourth-order valence-corrected chi connectivity index (χ4v) is 3.18. The molecule has 2 N–H and O–H groups in total. The molecular formula is C11H20N4S. The second-order valence-corrected chi connectivity index (χ2v) is 6.12. The van der Waals surface area contributed by atoms with Crippen molar-refractivity contribution in [2.24, 2.45) is 11.8 Å². The molecule has 2 heterocycles. The maximum Gasteiger partial charge on any atom is 0.203 e. The molecule has 0 aromatic carbocycles. The van der Waals surface area contributed by atoms with Gasteiger partial charge in [0.25, 0.3) is 0 Å². The molecule has 90 valence electrons. The van der Waals surface area contributed by atoms with E-state index < -0.39 is 0 Å². The lowest BCUT2D eigenvalue weighted by Crippen LogP contribution is -2.45. The Bertz CT molecular complexity index is 352. The fraction of sp³-hybridized carbons (Fsp3) is 0.818. The largest absolute Gasteiger partial charge is 0.374 e. The maximum absolute atomic E-state index is 5.60. The molecule has 0 radical (unpaired) electrons. The van der Waals surface area contributed by atoms with Crippen molar-refractivity contribution in [3.05, 3.63) is 5.01 Å². The molecule has 4 nitrogen and oxygen atoms in total. The predicted octanol–water partition coefficient (Wildman–Crippen LogP) is 1.99. The third-order valence-electron chi connectivity index (χ3n) is 3.54. The van der Waals surface area contributed by atoms with Crippen molar-refractivity contribution in [2.45, 2.75) is 39.8 Å². The molecule has 0 bridgehead atoms. The number of anilines is 1. The number of hydrogen-bond acceptors (Lipinski definition) is 5. The summed E-state index contributed by atoms with van der Waals surface area (Å²) in [5.41, 5.74) is 5.60. The lowest BCUT2D eigenvalue weighted by Gasteiger charge is -2.40. The molecule has 1 aliphatic heterocycles. The smallest absolute Gasteiger partial charge is 0.203 e. The summed E-state index contributed by atoms with van der Waals surface area (Å²) in [6.07, 6.45) is 1.33. The second kappa shape index (κ2) is 4.67. The second-order valence-electron chi connectivity index (χ2n) is 5.02. The molecule has 0 spiro atoms. The lowest BCUT2D eigenvalue weighted by molar-refractivity contribution is 0.0727. The van der Waals surface area contributed by atoms with Gasteiger partial charge in [-0.3, -0.25) is 4.90 Å². The van der Waals surface area contributed by atoms with Gasteiger partial charge in [0.15, 0.2) is 0 Å².